The number of carbonyl (C=O) groups excluding carboxylic acids is 1. The van der Waals surface area contributed by atoms with Crippen molar-refractivity contribution in [3.05, 3.63) is 34.9 Å². The number of nitrogens with zero attached hydrogens (tertiary/aromatic N) is 2. The zero-order valence-electron chi connectivity index (χ0n) is 11.1. The van der Waals surface area contributed by atoms with Crippen molar-refractivity contribution in [2.75, 3.05) is 46.4 Å². The number of benzene rings is 1. The Kier molecular flexibility index (Phi) is 5.19. The topological polar surface area (TPSA) is 32.8 Å². The zero-order chi connectivity index (χ0) is 13.7. The van der Waals surface area contributed by atoms with E-state index in [1.165, 1.54) is 0 Å². The molecule has 1 aliphatic rings. The molecule has 19 heavy (non-hydrogen) atoms. The van der Waals surface area contributed by atoms with Crippen LogP contribution >= 0.6 is 11.6 Å². The average Bonchev–Trinajstić information content (AvgIpc) is 2.46. The lowest BCUT2D eigenvalue weighted by Gasteiger charge is -2.34. The molecule has 1 aliphatic heterocycles. The molecule has 1 heterocycles. The maximum absolute atomic E-state index is 12.3. The number of rotatable bonds is 4. The lowest BCUT2D eigenvalue weighted by molar-refractivity contribution is 0.0594. The fourth-order valence-electron chi connectivity index (χ4n) is 2.17. The standard InChI is InChI=1S/C14H19ClN2O2/c1-19-11-10-16-6-8-17(9-7-16)14(18)12-2-4-13(15)5-3-12/h2-5H,6-11H2,1H3. The summed E-state index contributed by atoms with van der Waals surface area (Å²) in [6, 6.07) is 7.07. The van der Waals surface area contributed by atoms with Crippen LogP contribution in [0.3, 0.4) is 0 Å². The minimum absolute atomic E-state index is 0.0862. The predicted octanol–water partition coefficient (Wildman–Crippen LogP) is 1.74. The van der Waals surface area contributed by atoms with Gasteiger partial charge in [0.15, 0.2) is 0 Å². The van der Waals surface area contributed by atoms with E-state index < -0.39 is 0 Å². The van der Waals surface area contributed by atoms with Crippen LogP contribution in [0.15, 0.2) is 24.3 Å². The quantitative estimate of drug-likeness (QED) is 0.843. The summed E-state index contributed by atoms with van der Waals surface area (Å²) in [5, 5.41) is 0.654. The van der Waals surface area contributed by atoms with Gasteiger partial charge in [0.25, 0.3) is 5.91 Å². The molecule has 4 nitrogen and oxygen atoms in total. The summed E-state index contributed by atoms with van der Waals surface area (Å²) in [4.78, 5) is 16.5. The molecule has 0 saturated carbocycles. The molecule has 1 aromatic carbocycles. The summed E-state index contributed by atoms with van der Waals surface area (Å²) in [5.74, 6) is 0.0862. The van der Waals surface area contributed by atoms with Crippen molar-refractivity contribution in [1.82, 2.24) is 9.80 Å². The molecule has 1 aromatic rings. The van der Waals surface area contributed by atoms with Crippen LogP contribution in [0.4, 0.5) is 0 Å². The van der Waals surface area contributed by atoms with Crippen LogP contribution in [0.25, 0.3) is 0 Å². The lowest BCUT2D eigenvalue weighted by Crippen LogP contribution is -2.49. The highest BCUT2D eigenvalue weighted by atomic mass is 35.5. The number of methoxy groups -OCH3 is 1. The molecule has 1 saturated heterocycles. The van der Waals surface area contributed by atoms with Crippen LogP contribution in [0.5, 0.6) is 0 Å². The first kappa shape index (κ1) is 14.3. The molecule has 1 amide bonds. The zero-order valence-corrected chi connectivity index (χ0v) is 11.9. The molecule has 2 rings (SSSR count). The fourth-order valence-corrected chi connectivity index (χ4v) is 2.30. The third-order valence-electron chi connectivity index (χ3n) is 3.36. The van der Waals surface area contributed by atoms with Gasteiger partial charge < -0.3 is 9.64 Å². The van der Waals surface area contributed by atoms with E-state index in [9.17, 15) is 4.79 Å². The highest BCUT2D eigenvalue weighted by Crippen LogP contribution is 2.13. The van der Waals surface area contributed by atoms with E-state index >= 15 is 0 Å². The Balaban J connectivity index is 1.87. The maximum atomic E-state index is 12.3. The van der Waals surface area contributed by atoms with E-state index in [4.69, 9.17) is 16.3 Å². The Morgan fingerprint density at radius 3 is 2.42 bits per heavy atom. The monoisotopic (exact) mass is 282 g/mol. The first-order valence-electron chi connectivity index (χ1n) is 6.47. The van der Waals surface area contributed by atoms with Crippen LogP contribution in [0.2, 0.25) is 5.02 Å². The first-order valence-corrected chi connectivity index (χ1v) is 6.84. The number of hydrogen-bond acceptors (Lipinski definition) is 3. The molecule has 104 valence electrons. The Morgan fingerprint density at radius 1 is 1.21 bits per heavy atom. The van der Waals surface area contributed by atoms with Crippen molar-refractivity contribution in [2.45, 2.75) is 0 Å². The van der Waals surface area contributed by atoms with Gasteiger partial charge in [0.1, 0.15) is 0 Å². The van der Waals surface area contributed by atoms with Crippen LogP contribution in [0.1, 0.15) is 10.4 Å². The second-order valence-corrected chi connectivity index (χ2v) is 5.07. The minimum atomic E-state index is 0.0862. The summed E-state index contributed by atoms with van der Waals surface area (Å²) < 4.78 is 5.06. The van der Waals surface area contributed by atoms with Gasteiger partial charge >= 0.3 is 0 Å². The summed E-state index contributed by atoms with van der Waals surface area (Å²) in [7, 11) is 1.71. The summed E-state index contributed by atoms with van der Waals surface area (Å²) in [6.07, 6.45) is 0. The van der Waals surface area contributed by atoms with Crippen LogP contribution in [-0.4, -0.2) is 62.1 Å². The number of halogens is 1. The van der Waals surface area contributed by atoms with Gasteiger partial charge in [-0.3, -0.25) is 9.69 Å². The molecule has 0 atom stereocenters. The van der Waals surface area contributed by atoms with Gasteiger partial charge in [-0.25, -0.2) is 0 Å². The van der Waals surface area contributed by atoms with Gasteiger partial charge in [-0.2, -0.15) is 0 Å². The normalized spacial score (nSPS) is 16.6. The molecular weight excluding hydrogens is 264 g/mol. The largest absolute Gasteiger partial charge is 0.383 e. The second kappa shape index (κ2) is 6.89. The lowest BCUT2D eigenvalue weighted by atomic mass is 10.2. The van der Waals surface area contributed by atoms with Gasteiger partial charge in [-0.15, -0.1) is 0 Å². The summed E-state index contributed by atoms with van der Waals surface area (Å²) in [5.41, 5.74) is 0.703. The molecule has 5 heteroatoms. The number of piperazine rings is 1. The smallest absolute Gasteiger partial charge is 0.253 e. The third-order valence-corrected chi connectivity index (χ3v) is 3.61. The van der Waals surface area contributed by atoms with Gasteiger partial charge in [0.05, 0.1) is 6.61 Å². The van der Waals surface area contributed by atoms with Crippen LogP contribution in [0, 0.1) is 0 Å². The van der Waals surface area contributed by atoms with Crippen molar-refractivity contribution in [2.24, 2.45) is 0 Å². The minimum Gasteiger partial charge on any atom is -0.383 e. The van der Waals surface area contributed by atoms with E-state index in [0.29, 0.717) is 10.6 Å². The average molecular weight is 283 g/mol. The molecule has 0 radical (unpaired) electrons. The Morgan fingerprint density at radius 2 is 1.84 bits per heavy atom. The fraction of sp³-hybridized carbons (Fsp3) is 0.500. The highest BCUT2D eigenvalue weighted by Gasteiger charge is 2.21. The summed E-state index contributed by atoms with van der Waals surface area (Å²) in [6.45, 7) is 5.02. The second-order valence-electron chi connectivity index (χ2n) is 4.63. The van der Waals surface area contributed by atoms with Crippen LogP contribution < -0.4 is 0 Å². The Bertz CT molecular complexity index is 414. The molecule has 0 spiro atoms. The maximum Gasteiger partial charge on any atom is 0.253 e. The molecule has 1 fully saturated rings. The molecular formula is C14H19ClN2O2. The molecule has 0 unspecified atom stereocenters. The van der Waals surface area contributed by atoms with Crippen molar-refractivity contribution >= 4 is 17.5 Å². The van der Waals surface area contributed by atoms with Crippen molar-refractivity contribution in [3.63, 3.8) is 0 Å². The number of ether oxygens (including phenoxy) is 1. The van der Waals surface area contributed by atoms with E-state index in [2.05, 4.69) is 4.90 Å². The van der Waals surface area contributed by atoms with Crippen LogP contribution in [-0.2, 0) is 4.74 Å². The Labute approximate surface area is 118 Å². The molecule has 0 N–H and O–H groups in total. The highest BCUT2D eigenvalue weighted by molar-refractivity contribution is 6.30. The van der Waals surface area contributed by atoms with Crippen molar-refractivity contribution in [1.29, 1.82) is 0 Å². The van der Waals surface area contributed by atoms with Crippen molar-refractivity contribution in [3.8, 4) is 0 Å². The van der Waals surface area contributed by atoms with E-state index in [-0.39, 0.29) is 5.91 Å². The van der Waals surface area contributed by atoms with E-state index in [1.807, 2.05) is 4.90 Å². The predicted molar refractivity (Wildman–Crippen MR) is 75.7 cm³/mol. The van der Waals surface area contributed by atoms with Gasteiger partial charge in [0, 0.05) is 50.4 Å². The number of amides is 1. The van der Waals surface area contributed by atoms with Gasteiger partial charge in [-0.05, 0) is 24.3 Å². The SMILES string of the molecule is COCCN1CCN(C(=O)c2ccc(Cl)cc2)CC1. The van der Waals surface area contributed by atoms with Crippen molar-refractivity contribution < 1.29 is 9.53 Å². The molecule has 0 aromatic heterocycles. The van der Waals surface area contributed by atoms with Gasteiger partial charge in [0.2, 0.25) is 0 Å². The molecule has 0 aliphatic carbocycles. The first-order chi connectivity index (χ1) is 9.20. The van der Waals surface area contributed by atoms with E-state index in [0.717, 1.165) is 39.3 Å². The number of carbonyl (C=O) groups is 1. The molecule has 0 bridgehead atoms. The Hall–Kier alpha value is -1.10. The van der Waals surface area contributed by atoms with Gasteiger partial charge in [-0.1, -0.05) is 11.6 Å². The number of hydrogen-bond donors (Lipinski definition) is 0. The third kappa shape index (κ3) is 3.93. The summed E-state index contributed by atoms with van der Waals surface area (Å²) >= 11 is 5.83. The van der Waals surface area contributed by atoms with E-state index in [1.54, 1.807) is 31.4 Å².